The van der Waals surface area contributed by atoms with Gasteiger partial charge in [-0.1, -0.05) is 58.0 Å². The summed E-state index contributed by atoms with van der Waals surface area (Å²) in [6.45, 7) is 6.40. The standard InChI is InChI=1S/C19H30N2O7S/c1-12(2)10-15(21-18(23)28-11-14-8-6-5-7-9-14)17(22)19(24,29(25,26)27)16(20)13(3)4/h5-9,12-13,15-16,24H,10-11,20H2,1-4H3,(H,21,23)(H,25,26,27)/t15-,16?,19?/m0/s1. The molecule has 5 N–H and O–H groups in total. The molecule has 0 aliphatic heterocycles. The third-order valence-corrected chi connectivity index (χ3v) is 5.70. The van der Waals surface area contributed by atoms with E-state index in [1.807, 2.05) is 0 Å². The Morgan fingerprint density at radius 3 is 2.17 bits per heavy atom. The lowest BCUT2D eigenvalue weighted by atomic mass is 9.90. The van der Waals surface area contributed by atoms with Crippen LogP contribution in [-0.2, 0) is 26.3 Å². The summed E-state index contributed by atoms with van der Waals surface area (Å²) in [5.74, 6) is -2.12. The van der Waals surface area contributed by atoms with Crippen molar-refractivity contribution in [3.63, 3.8) is 0 Å². The van der Waals surface area contributed by atoms with Crippen LogP contribution in [0.25, 0.3) is 0 Å². The summed E-state index contributed by atoms with van der Waals surface area (Å²) in [4.78, 5) is 21.9. The predicted molar refractivity (Wildman–Crippen MR) is 107 cm³/mol. The lowest BCUT2D eigenvalue weighted by molar-refractivity contribution is -0.135. The van der Waals surface area contributed by atoms with Gasteiger partial charge in [-0.3, -0.25) is 9.35 Å². The van der Waals surface area contributed by atoms with Crippen LogP contribution in [0.5, 0.6) is 0 Å². The molecule has 2 unspecified atom stereocenters. The summed E-state index contributed by atoms with van der Waals surface area (Å²) >= 11 is 0. The van der Waals surface area contributed by atoms with Gasteiger partial charge in [0.25, 0.3) is 4.93 Å². The third-order valence-electron chi connectivity index (χ3n) is 4.44. The van der Waals surface area contributed by atoms with E-state index in [2.05, 4.69) is 5.32 Å². The summed E-state index contributed by atoms with van der Waals surface area (Å²) in [7, 11) is -5.29. The van der Waals surface area contributed by atoms with E-state index >= 15 is 0 Å². The monoisotopic (exact) mass is 430 g/mol. The molecule has 1 amide bonds. The number of alkyl carbamates (subject to hydrolysis) is 1. The molecule has 164 valence electrons. The largest absolute Gasteiger partial charge is 0.445 e. The molecule has 29 heavy (non-hydrogen) atoms. The van der Waals surface area contributed by atoms with Crippen LogP contribution in [-0.4, -0.2) is 47.0 Å². The minimum Gasteiger partial charge on any atom is -0.445 e. The van der Waals surface area contributed by atoms with Gasteiger partial charge in [-0.25, -0.2) is 4.79 Å². The fourth-order valence-corrected chi connectivity index (χ4v) is 3.79. The SMILES string of the molecule is CC(C)C[C@H](NC(=O)OCc1ccccc1)C(=O)C(O)(C(N)C(C)C)S(=O)(=O)O. The number of ether oxygens (including phenoxy) is 1. The molecule has 0 heterocycles. The first kappa shape index (κ1) is 25.0. The summed E-state index contributed by atoms with van der Waals surface area (Å²) in [5.41, 5.74) is 6.48. The molecule has 0 fully saturated rings. The maximum atomic E-state index is 13.0. The summed E-state index contributed by atoms with van der Waals surface area (Å²) in [5, 5.41) is 12.9. The number of ketones is 1. The van der Waals surface area contributed by atoms with Crippen molar-refractivity contribution in [1.29, 1.82) is 0 Å². The number of hydrogen-bond acceptors (Lipinski definition) is 7. The molecule has 0 saturated carbocycles. The summed E-state index contributed by atoms with van der Waals surface area (Å²) in [6.07, 6.45) is -0.967. The molecule has 0 saturated heterocycles. The zero-order chi connectivity index (χ0) is 22.4. The van der Waals surface area contributed by atoms with Gasteiger partial charge in [-0.15, -0.1) is 0 Å². The molecule has 0 radical (unpaired) electrons. The fraction of sp³-hybridized carbons (Fsp3) is 0.579. The second-order valence-corrected chi connectivity index (χ2v) is 9.27. The average Bonchev–Trinajstić information content (AvgIpc) is 2.63. The van der Waals surface area contributed by atoms with Gasteiger partial charge in [0, 0.05) is 0 Å². The van der Waals surface area contributed by atoms with Crippen molar-refractivity contribution < 1.29 is 32.4 Å². The van der Waals surface area contributed by atoms with Crippen LogP contribution < -0.4 is 11.1 Å². The van der Waals surface area contributed by atoms with Crippen LogP contribution in [0.3, 0.4) is 0 Å². The first-order chi connectivity index (χ1) is 13.3. The molecule has 1 aromatic rings. The highest BCUT2D eigenvalue weighted by molar-refractivity contribution is 7.88. The first-order valence-corrected chi connectivity index (χ1v) is 10.7. The number of carbonyl (C=O) groups excluding carboxylic acids is 2. The quantitative estimate of drug-likeness (QED) is 0.406. The summed E-state index contributed by atoms with van der Waals surface area (Å²) in [6, 6.07) is 5.76. The number of rotatable bonds is 10. The normalized spacial score (nSPS) is 16.2. The molecule has 0 aromatic heterocycles. The third kappa shape index (κ3) is 6.49. The Balaban J connectivity index is 3.08. The van der Waals surface area contributed by atoms with Crippen LogP contribution in [0.4, 0.5) is 4.79 Å². The Labute approximate surface area is 171 Å². The average molecular weight is 431 g/mol. The van der Waals surface area contributed by atoms with Gasteiger partial charge in [0.2, 0.25) is 5.78 Å². The van der Waals surface area contributed by atoms with Crippen molar-refractivity contribution in [3.8, 4) is 0 Å². The van der Waals surface area contributed by atoms with E-state index in [9.17, 15) is 27.7 Å². The van der Waals surface area contributed by atoms with Crippen molar-refractivity contribution in [3.05, 3.63) is 35.9 Å². The van der Waals surface area contributed by atoms with E-state index in [-0.39, 0.29) is 18.9 Å². The lowest BCUT2D eigenvalue weighted by Gasteiger charge is -2.34. The number of hydrogen-bond donors (Lipinski definition) is 4. The number of carbonyl (C=O) groups is 2. The van der Waals surface area contributed by atoms with E-state index in [0.717, 1.165) is 0 Å². The zero-order valence-electron chi connectivity index (χ0n) is 17.0. The lowest BCUT2D eigenvalue weighted by Crippen LogP contribution is -2.65. The second-order valence-electron chi connectivity index (χ2n) is 7.69. The van der Waals surface area contributed by atoms with Crippen LogP contribution >= 0.6 is 0 Å². The number of Topliss-reactive ketones (excluding diaryl/α,β-unsaturated/α-hetero) is 1. The van der Waals surface area contributed by atoms with Gasteiger partial charge >= 0.3 is 16.2 Å². The fourth-order valence-electron chi connectivity index (χ4n) is 2.77. The molecule has 9 nitrogen and oxygen atoms in total. The molecule has 0 aliphatic carbocycles. The van der Waals surface area contributed by atoms with Crippen LogP contribution in [0.2, 0.25) is 0 Å². The van der Waals surface area contributed by atoms with Crippen molar-refractivity contribution >= 4 is 22.0 Å². The number of amides is 1. The maximum absolute atomic E-state index is 13.0. The Morgan fingerprint density at radius 2 is 1.72 bits per heavy atom. The number of aliphatic hydroxyl groups is 1. The van der Waals surface area contributed by atoms with Crippen LogP contribution in [0.15, 0.2) is 30.3 Å². The molecule has 0 aliphatic rings. The second kappa shape index (κ2) is 10.1. The number of nitrogens with one attached hydrogen (secondary N) is 1. The molecule has 10 heteroatoms. The van der Waals surface area contributed by atoms with E-state index in [4.69, 9.17) is 10.5 Å². The minimum absolute atomic E-state index is 0.00190. The Kier molecular flexibility index (Phi) is 8.76. The summed E-state index contributed by atoms with van der Waals surface area (Å²) < 4.78 is 38.4. The van der Waals surface area contributed by atoms with Gasteiger partial charge in [0.1, 0.15) is 6.61 Å². The van der Waals surface area contributed by atoms with Crippen LogP contribution in [0, 0.1) is 11.8 Å². The molecule has 1 aromatic carbocycles. The zero-order valence-corrected chi connectivity index (χ0v) is 17.8. The first-order valence-electron chi connectivity index (χ1n) is 9.27. The molecule has 3 atom stereocenters. The highest BCUT2D eigenvalue weighted by Crippen LogP contribution is 2.26. The van der Waals surface area contributed by atoms with Gasteiger partial charge in [0.15, 0.2) is 0 Å². The highest BCUT2D eigenvalue weighted by Gasteiger charge is 2.56. The van der Waals surface area contributed by atoms with Crippen molar-refractivity contribution in [2.75, 3.05) is 0 Å². The van der Waals surface area contributed by atoms with E-state index < -0.39 is 44.9 Å². The molecule has 0 spiro atoms. The number of nitrogens with two attached hydrogens (primary N) is 1. The molecular formula is C19H30N2O7S. The highest BCUT2D eigenvalue weighted by atomic mass is 32.2. The molecular weight excluding hydrogens is 400 g/mol. The topological polar surface area (TPSA) is 156 Å². The van der Waals surface area contributed by atoms with E-state index in [0.29, 0.717) is 5.56 Å². The Bertz CT molecular complexity index is 796. The Hall–Kier alpha value is -2.01. The number of benzene rings is 1. The van der Waals surface area contributed by atoms with E-state index in [1.165, 1.54) is 13.8 Å². The minimum atomic E-state index is -5.29. The predicted octanol–water partition coefficient (Wildman–Crippen LogP) is 1.46. The van der Waals surface area contributed by atoms with Crippen molar-refractivity contribution in [2.45, 2.75) is 57.7 Å². The van der Waals surface area contributed by atoms with Gasteiger partial charge in [-0.2, -0.15) is 8.42 Å². The van der Waals surface area contributed by atoms with E-state index in [1.54, 1.807) is 44.2 Å². The molecule has 0 bridgehead atoms. The molecule has 1 rings (SSSR count). The van der Waals surface area contributed by atoms with Crippen molar-refractivity contribution in [1.82, 2.24) is 5.32 Å². The van der Waals surface area contributed by atoms with Gasteiger partial charge in [-0.05, 0) is 23.8 Å². The van der Waals surface area contributed by atoms with Gasteiger partial charge < -0.3 is 20.9 Å². The van der Waals surface area contributed by atoms with Gasteiger partial charge in [0.05, 0.1) is 12.1 Å². The van der Waals surface area contributed by atoms with Crippen molar-refractivity contribution in [2.24, 2.45) is 17.6 Å². The maximum Gasteiger partial charge on any atom is 0.408 e. The smallest absolute Gasteiger partial charge is 0.408 e. The van der Waals surface area contributed by atoms with Crippen LogP contribution in [0.1, 0.15) is 39.7 Å². The Morgan fingerprint density at radius 1 is 1.17 bits per heavy atom.